The third-order valence-electron chi connectivity index (χ3n) is 2.68. The third kappa shape index (κ3) is 3.18. The Morgan fingerprint density at radius 2 is 1.63 bits per heavy atom. The SMILES string of the molecule is NC(c1ccc(I)c(Cl)c1)c1cc(F)c(F)cc1Cl. The summed E-state index contributed by atoms with van der Waals surface area (Å²) < 4.78 is 27.2. The molecule has 0 aliphatic carbocycles. The van der Waals surface area contributed by atoms with Crippen LogP contribution in [0.3, 0.4) is 0 Å². The van der Waals surface area contributed by atoms with Crippen LogP contribution in [0.4, 0.5) is 8.78 Å². The molecular weight excluding hydrogens is 406 g/mol. The first-order valence-corrected chi connectivity index (χ1v) is 7.08. The molecule has 0 amide bonds. The van der Waals surface area contributed by atoms with E-state index in [0.717, 1.165) is 15.7 Å². The summed E-state index contributed by atoms with van der Waals surface area (Å²) in [5.41, 5.74) is 7.02. The van der Waals surface area contributed by atoms with Gasteiger partial charge < -0.3 is 5.73 Å². The molecule has 0 aliphatic rings. The van der Waals surface area contributed by atoms with Crippen LogP contribution in [0.15, 0.2) is 30.3 Å². The Morgan fingerprint density at radius 1 is 1.00 bits per heavy atom. The fraction of sp³-hybridized carbons (Fsp3) is 0.0769. The number of benzene rings is 2. The van der Waals surface area contributed by atoms with Crippen molar-refractivity contribution in [1.29, 1.82) is 0 Å². The largest absolute Gasteiger partial charge is 0.320 e. The van der Waals surface area contributed by atoms with Crippen LogP contribution < -0.4 is 5.73 Å². The molecule has 1 nitrogen and oxygen atoms in total. The van der Waals surface area contributed by atoms with Gasteiger partial charge in [-0.1, -0.05) is 29.3 Å². The van der Waals surface area contributed by atoms with Crippen LogP contribution in [0, 0.1) is 15.2 Å². The van der Waals surface area contributed by atoms with E-state index in [1.54, 1.807) is 18.2 Å². The summed E-state index contributed by atoms with van der Waals surface area (Å²) in [6, 6.07) is 6.51. The minimum Gasteiger partial charge on any atom is -0.320 e. The van der Waals surface area contributed by atoms with Crippen molar-refractivity contribution in [2.75, 3.05) is 0 Å². The average molecular weight is 414 g/mol. The standard InChI is InChI=1S/C13H8Cl2F2IN/c14-8-5-11(17)10(16)4-7(8)13(19)6-1-2-12(18)9(15)3-6/h1-5,13H,19H2. The summed E-state index contributed by atoms with van der Waals surface area (Å²) in [4.78, 5) is 0. The Kier molecular flexibility index (Phi) is 4.66. The number of halogens is 5. The van der Waals surface area contributed by atoms with Gasteiger partial charge in [0.05, 0.1) is 11.1 Å². The van der Waals surface area contributed by atoms with Crippen molar-refractivity contribution in [3.05, 3.63) is 66.7 Å². The molecule has 2 rings (SSSR count). The molecule has 2 aromatic rings. The highest BCUT2D eigenvalue weighted by Crippen LogP contribution is 2.30. The maximum atomic E-state index is 13.3. The van der Waals surface area contributed by atoms with Gasteiger partial charge in [-0.3, -0.25) is 0 Å². The molecule has 0 aliphatic heterocycles. The Morgan fingerprint density at radius 3 is 2.26 bits per heavy atom. The van der Waals surface area contributed by atoms with E-state index in [4.69, 9.17) is 28.9 Å². The summed E-state index contributed by atoms with van der Waals surface area (Å²) in [5, 5.41) is 0.633. The summed E-state index contributed by atoms with van der Waals surface area (Å²) in [7, 11) is 0. The van der Waals surface area contributed by atoms with E-state index >= 15 is 0 Å². The lowest BCUT2D eigenvalue weighted by Crippen LogP contribution is -2.13. The van der Waals surface area contributed by atoms with Gasteiger partial charge in [0, 0.05) is 8.59 Å². The lowest BCUT2D eigenvalue weighted by molar-refractivity contribution is 0.506. The highest BCUT2D eigenvalue weighted by molar-refractivity contribution is 14.1. The molecule has 100 valence electrons. The summed E-state index contributed by atoms with van der Waals surface area (Å²) in [6.45, 7) is 0. The van der Waals surface area contributed by atoms with E-state index in [0.29, 0.717) is 16.1 Å². The van der Waals surface area contributed by atoms with Gasteiger partial charge in [-0.05, 0) is 58.0 Å². The number of nitrogens with two attached hydrogens (primary N) is 1. The van der Waals surface area contributed by atoms with Crippen LogP contribution in [0.2, 0.25) is 10.0 Å². The van der Waals surface area contributed by atoms with Crippen molar-refractivity contribution in [3.8, 4) is 0 Å². The van der Waals surface area contributed by atoms with Crippen LogP contribution in [0.25, 0.3) is 0 Å². The molecule has 0 bridgehead atoms. The van der Waals surface area contributed by atoms with Gasteiger partial charge >= 0.3 is 0 Å². The highest BCUT2D eigenvalue weighted by atomic mass is 127. The fourth-order valence-corrected chi connectivity index (χ4v) is 2.45. The predicted molar refractivity (Wildman–Crippen MR) is 81.6 cm³/mol. The van der Waals surface area contributed by atoms with Crippen LogP contribution >= 0.6 is 45.8 Å². The molecule has 0 spiro atoms. The second-order valence-electron chi connectivity index (χ2n) is 3.94. The first-order chi connectivity index (χ1) is 8.90. The normalized spacial score (nSPS) is 12.5. The molecule has 6 heteroatoms. The van der Waals surface area contributed by atoms with Crippen molar-refractivity contribution in [3.63, 3.8) is 0 Å². The van der Waals surface area contributed by atoms with Crippen molar-refractivity contribution in [2.24, 2.45) is 5.73 Å². The number of hydrogen-bond acceptors (Lipinski definition) is 1. The van der Waals surface area contributed by atoms with Crippen LogP contribution in [-0.2, 0) is 0 Å². The smallest absolute Gasteiger partial charge is 0.160 e. The van der Waals surface area contributed by atoms with Crippen molar-refractivity contribution in [1.82, 2.24) is 0 Å². The quantitative estimate of drug-likeness (QED) is 0.548. The van der Waals surface area contributed by atoms with E-state index in [9.17, 15) is 8.78 Å². The lowest BCUT2D eigenvalue weighted by atomic mass is 9.99. The Labute approximate surface area is 132 Å². The Hall–Kier alpha value is -0.430. The van der Waals surface area contributed by atoms with Gasteiger partial charge in [0.2, 0.25) is 0 Å². The van der Waals surface area contributed by atoms with Crippen molar-refractivity contribution < 1.29 is 8.78 Å². The maximum absolute atomic E-state index is 13.3. The minimum atomic E-state index is -0.999. The molecule has 0 aromatic heterocycles. The van der Waals surface area contributed by atoms with Gasteiger partial charge in [0.15, 0.2) is 11.6 Å². The zero-order valence-corrected chi connectivity index (χ0v) is 13.1. The molecule has 19 heavy (non-hydrogen) atoms. The van der Waals surface area contributed by atoms with Gasteiger partial charge in [-0.25, -0.2) is 8.78 Å². The summed E-state index contributed by atoms with van der Waals surface area (Å²) >= 11 is 14.0. The summed E-state index contributed by atoms with van der Waals surface area (Å²) in [6.07, 6.45) is 0. The van der Waals surface area contributed by atoms with E-state index < -0.39 is 17.7 Å². The molecule has 0 heterocycles. The number of hydrogen-bond donors (Lipinski definition) is 1. The van der Waals surface area contributed by atoms with Crippen molar-refractivity contribution in [2.45, 2.75) is 6.04 Å². The Bertz CT molecular complexity index is 634. The highest BCUT2D eigenvalue weighted by Gasteiger charge is 2.17. The first-order valence-electron chi connectivity index (χ1n) is 5.25. The average Bonchev–Trinajstić information content (AvgIpc) is 2.36. The first kappa shape index (κ1) is 15.0. The van der Waals surface area contributed by atoms with Gasteiger partial charge in [0.1, 0.15) is 0 Å². The number of rotatable bonds is 2. The second kappa shape index (κ2) is 5.91. The molecule has 0 radical (unpaired) electrons. The fourth-order valence-electron chi connectivity index (χ4n) is 1.66. The van der Waals surface area contributed by atoms with E-state index in [1.165, 1.54) is 0 Å². The molecule has 1 unspecified atom stereocenters. The van der Waals surface area contributed by atoms with Crippen LogP contribution in [0.1, 0.15) is 17.2 Å². The molecule has 0 fully saturated rings. The third-order valence-corrected chi connectivity index (χ3v) is 4.58. The maximum Gasteiger partial charge on any atom is 0.160 e. The van der Waals surface area contributed by atoms with Gasteiger partial charge in [-0.2, -0.15) is 0 Å². The van der Waals surface area contributed by atoms with E-state index in [-0.39, 0.29) is 5.02 Å². The summed E-state index contributed by atoms with van der Waals surface area (Å²) in [5.74, 6) is -1.98. The molecule has 0 saturated carbocycles. The topological polar surface area (TPSA) is 26.0 Å². The van der Waals surface area contributed by atoms with E-state index in [1.807, 2.05) is 0 Å². The zero-order chi connectivity index (χ0) is 14.2. The van der Waals surface area contributed by atoms with Gasteiger partial charge in [-0.15, -0.1) is 0 Å². The van der Waals surface area contributed by atoms with E-state index in [2.05, 4.69) is 22.6 Å². The van der Waals surface area contributed by atoms with Crippen LogP contribution in [0.5, 0.6) is 0 Å². The Balaban J connectivity index is 2.46. The van der Waals surface area contributed by atoms with Crippen LogP contribution in [-0.4, -0.2) is 0 Å². The zero-order valence-electron chi connectivity index (χ0n) is 9.43. The molecule has 2 N–H and O–H groups in total. The monoisotopic (exact) mass is 413 g/mol. The van der Waals surface area contributed by atoms with Crippen molar-refractivity contribution >= 4 is 45.8 Å². The molecule has 1 atom stereocenters. The van der Waals surface area contributed by atoms with Gasteiger partial charge in [0.25, 0.3) is 0 Å². The molecule has 0 saturated heterocycles. The molecule has 2 aromatic carbocycles. The molecular formula is C13H8Cl2F2IN. The predicted octanol–water partition coefficient (Wildman–Crippen LogP) is 4.92. The lowest BCUT2D eigenvalue weighted by Gasteiger charge is -2.15. The second-order valence-corrected chi connectivity index (χ2v) is 5.92. The minimum absolute atomic E-state index is 0.0843.